The molecule has 17 heavy (non-hydrogen) atoms. The molecule has 1 aromatic rings. The molecule has 0 heterocycles. The molecule has 0 aliphatic carbocycles. The van der Waals surface area contributed by atoms with Gasteiger partial charge in [0.25, 0.3) is 0 Å². The summed E-state index contributed by atoms with van der Waals surface area (Å²) in [6, 6.07) is 6.61. The number of carbonyl (C=O) groups is 1. The van der Waals surface area contributed by atoms with Crippen LogP contribution in [0.5, 0.6) is 0 Å². The molecular formula is C11H13F3N2O. The molecule has 1 rings (SSSR count). The quantitative estimate of drug-likeness (QED) is 0.855. The molecule has 2 N–H and O–H groups in total. The largest absolute Gasteiger partial charge is 0.401 e. The fourth-order valence-corrected chi connectivity index (χ4v) is 1.26. The van der Waals surface area contributed by atoms with Crippen LogP contribution in [0, 0.1) is 0 Å². The van der Waals surface area contributed by atoms with Gasteiger partial charge in [0.15, 0.2) is 0 Å². The maximum atomic E-state index is 11.9. The lowest BCUT2D eigenvalue weighted by molar-refractivity contribution is -0.125. The molecular weight excluding hydrogens is 233 g/mol. The monoisotopic (exact) mass is 246 g/mol. The smallest absolute Gasteiger partial charge is 0.326 e. The average molecular weight is 246 g/mol. The highest BCUT2D eigenvalue weighted by molar-refractivity contribution is 5.88. The van der Waals surface area contributed by atoms with E-state index in [0.717, 1.165) is 5.56 Å². The number of nitrogens with one attached hydrogen (secondary N) is 2. The van der Waals surface area contributed by atoms with Crippen LogP contribution in [0.1, 0.15) is 12.5 Å². The van der Waals surface area contributed by atoms with Gasteiger partial charge in [-0.05, 0) is 17.7 Å². The van der Waals surface area contributed by atoms with Crippen molar-refractivity contribution in [2.24, 2.45) is 0 Å². The zero-order chi connectivity index (χ0) is 12.9. The average Bonchev–Trinajstić information content (AvgIpc) is 2.18. The van der Waals surface area contributed by atoms with Crippen molar-refractivity contribution in [1.29, 1.82) is 0 Å². The Morgan fingerprint density at radius 2 is 1.82 bits per heavy atom. The summed E-state index contributed by atoms with van der Waals surface area (Å²) < 4.78 is 35.6. The molecule has 3 nitrogen and oxygen atoms in total. The van der Waals surface area contributed by atoms with E-state index in [-0.39, 0.29) is 12.5 Å². The lowest BCUT2D eigenvalue weighted by Gasteiger charge is -2.08. The first-order valence-electron chi connectivity index (χ1n) is 5.01. The number of anilines is 1. The third kappa shape index (κ3) is 5.91. The van der Waals surface area contributed by atoms with Gasteiger partial charge in [0.05, 0.1) is 6.54 Å². The van der Waals surface area contributed by atoms with Crippen molar-refractivity contribution in [1.82, 2.24) is 5.32 Å². The highest BCUT2D eigenvalue weighted by Gasteiger charge is 2.25. The predicted molar refractivity (Wildman–Crippen MR) is 58.5 cm³/mol. The number of amides is 1. The first-order valence-corrected chi connectivity index (χ1v) is 5.01. The Balaban J connectivity index is 2.43. The van der Waals surface area contributed by atoms with Crippen LogP contribution in [-0.2, 0) is 11.3 Å². The number of hydrogen-bond donors (Lipinski definition) is 2. The molecule has 0 aliphatic rings. The predicted octanol–water partition coefficient (Wildman–Crippen LogP) is 2.30. The van der Waals surface area contributed by atoms with Crippen LogP contribution in [0.2, 0.25) is 0 Å². The molecule has 0 bridgehead atoms. The lowest BCUT2D eigenvalue weighted by Crippen LogP contribution is -2.28. The van der Waals surface area contributed by atoms with Gasteiger partial charge in [0.2, 0.25) is 5.91 Å². The van der Waals surface area contributed by atoms with Crippen LogP contribution in [0.15, 0.2) is 24.3 Å². The third-order valence-corrected chi connectivity index (χ3v) is 1.93. The molecule has 0 radical (unpaired) electrons. The van der Waals surface area contributed by atoms with E-state index < -0.39 is 12.7 Å². The normalized spacial score (nSPS) is 11.3. The number of halogens is 3. The van der Waals surface area contributed by atoms with Gasteiger partial charge in [-0.25, -0.2) is 0 Å². The molecule has 0 atom stereocenters. The minimum atomic E-state index is -4.20. The van der Waals surface area contributed by atoms with Crippen LogP contribution in [0.3, 0.4) is 0 Å². The Morgan fingerprint density at radius 3 is 2.29 bits per heavy atom. The van der Waals surface area contributed by atoms with Crippen LogP contribution in [0.25, 0.3) is 0 Å². The minimum Gasteiger partial charge on any atom is -0.326 e. The van der Waals surface area contributed by atoms with Gasteiger partial charge in [0.1, 0.15) is 0 Å². The van der Waals surface area contributed by atoms with Crippen LogP contribution in [-0.4, -0.2) is 18.6 Å². The molecule has 94 valence electrons. The number of rotatable bonds is 4. The van der Waals surface area contributed by atoms with Gasteiger partial charge in [-0.15, -0.1) is 0 Å². The van der Waals surface area contributed by atoms with E-state index in [1.807, 2.05) is 0 Å². The van der Waals surface area contributed by atoms with Gasteiger partial charge in [-0.2, -0.15) is 13.2 Å². The van der Waals surface area contributed by atoms with Crippen molar-refractivity contribution in [3.63, 3.8) is 0 Å². The number of hydrogen-bond acceptors (Lipinski definition) is 2. The van der Waals surface area contributed by atoms with Gasteiger partial charge in [0, 0.05) is 19.2 Å². The molecule has 0 spiro atoms. The maximum absolute atomic E-state index is 11.9. The first kappa shape index (κ1) is 13.5. The number of benzene rings is 1. The molecule has 0 aromatic heterocycles. The van der Waals surface area contributed by atoms with Crippen LogP contribution in [0.4, 0.5) is 18.9 Å². The lowest BCUT2D eigenvalue weighted by atomic mass is 10.2. The number of carbonyl (C=O) groups excluding carboxylic acids is 1. The summed E-state index contributed by atoms with van der Waals surface area (Å²) >= 11 is 0. The molecule has 0 unspecified atom stereocenters. The van der Waals surface area contributed by atoms with Crippen molar-refractivity contribution in [2.75, 3.05) is 11.9 Å². The van der Waals surface area contributed by atoms with E-state index in [9.17, 15) is 18.0 Å². The zero-order valence-corrected chi connectivity index (χ0v) is 9.27. The van der Waals surface area contributed by atoms with Gasteiger partial charge < -0.3 is 10.6 Å². The van der Waals surface area contributed by atoms with Crippen molar-refractivity contribution < 1.29 is 18.0 Å². The fourth-order valence-electron chi connectivity index (χ4n) is 1.26. The van der Waals surface area contributed by atoms with E-state index in [1.54, 1.807) is 24.3 Å². The second-order valence-electron chi connectivity index (χ2n) is 3.60. The Hall–Kier alpha value is -1.56. The zero-order valence-electron chi connectivity index (χ0n) is 9.27. The number of alkyl halides is 3. The van der Waals surface area contributed by atoms with E-state index >= 15 is 0 Å². The Bertz CT molecular complexity index is 373. The first-order chi connectivity index (χ1) is 7.87. The summed E-state index contributed by atoms with van der Waals surface area (Å²) in [6.45, 7) is 0.513. The Kier molecular flexibility index (Phi) is 4.51. The summed E-state index contributed by atoms with van der Waals surface area (Å²) in [4.78, 5) is 10.7. The van der Waals surface area contributed by atoms with Crippen molar-refractivity contribution >= 4 is 11.6 Å². The second-order valence-corrected chi connectivity index (χ2v) is 3.60. The summed E-state index contributed by atoms with van der Waals surface area (Å²) in [5.41, 5.74) is 1.35. The third-order valence-electron chi connectivity index (χ3n) is 1.93. The summed E-state index contributed by atoms with van der Waals surface area (Å²) in [5, 5.41) is 4.86. The molecule has 0 saturated heterocycles. The molecule has 0 saturated carbocycles. The van der Waals surface area contributed by atoms with Crippen molar-refractivity contribution in [2.45, 2.75) is 19.6 Å². The molecule has 0 fully saturated rings. The summed E-state index contributed by atoms with van der Waals surface area (Å²) in [6.07, 6.45) is -4.20. The van der Waals surface area contributed by atoms with Crippen LogP contribution >= 0.6 is 0 Å². The molecule has 1 amide bonds. The highest BCUT2D eigenvalue weighted by atomic mass is 19.4. The summed E-state index contributed by atoms with van der Waals surface area (Å²) in [7, 11) is 0. The standard InChI is InChI=1S/C11H13F3N2O/c1-8(17)16-10-4-2-9(3-5-10)6-15-7-11(12,13)14/h2-5,15H,6-7H2,1H3,(H,16,17). The van der Waals surface area contributed by atoms with Gasteiger partial charge >= 0.3 is 6.18 Å². The SMILES string of the molecule is CC(=O)Nc1ccc(CNCC(F)(F)F)cc1. The maximum Gasteiger partial charge on any atom is 0.401 e. The molecule has 1 aromatic carbocycles. The van der Waals surface area contributed by atoms with E-state index in [4.69, 9.17) is 0 Å². The van der Waals surface area contributed by atoms with E-state index in [1.165, 1.54) is 6.92 Å². The Labute approximate surface area is 97.0 Å². The molecule has 6 heteroatoms. The second kappa shape index (κ2) is 5.67. The minimum absolute atomic E-state index is 0.139. The fraction of sp³-hybridized carbons (Fsp3) is 0.364. The van der Waals surface area contributed by atoms with Gasteiger partial charge in [-0.3, -0.25) is 4.79 Å². The Morgan fingerprint density at radius 1 is 1.24 bits per heavy atom. The highest BCUT2D eigenvalue weighted by Crippen LogP contribution is 2.13. The van der Waals surface area contributed by atoms with Crippen LogP contribution < -0.4 is 10.6 Å². The van der Waals surface area contributed by atoms with Crippen molar-refractivity contribution in [3.8, 4) is 0 Å². The molecule has 0 aliphatic heterocycles. The van der Waals surface area contributed by atoms with E-state index in [0.29, 0.717) is 5.69 Å². The topological polar surface area (TPSA) is 41.1 Å². The summed E-state index contributed by atoms with van der Waals surface area (Å²) in [5.74, 6) is -0.187. The van der Waals surface area contributed by atoms with Crippen molar-refractivity contribution in [3.05, 3.63) is 29.8 Å². The van der Waals surface area contributed by atoms with E-state index in [2.05, 4.69) is 10.6 Å². The van der Waals surface area contributed by atoms with Gasteiger partial charge in [-0.1, -0.05) is 12.1 Å².